The van der Waals surface area contributed by atoms with E-state index < -0.39 is 5.91 Å². The summed E-state index contributed by atoms with van der Waals surface area (Å²) in [5, 5.41) is 3.79. The molecule has 0 unspecified atom stereocenters. The van der Waals surface area contributed by atoms with Gasteiger partial charge in [-0.25, -0.2) is 0 Å². The molecule has 23 heavy (non-hydrogen) atoms. The number of rotatable bonds is 2. The first-order valence-electron chi connectivity index (χ1n) is 6.75. The number of hydrogen-bond acceptors (Lipinski definition) is 3. The summed E-state index contributed by atoms with van der Waals surface area (Å²) in [6.45, 7) is 1.88. The standard InChI is InChI=1S/C17H11Cl2NO3/c1-9-2-5-15-11(6-9)14(21)8-16(23-15)17(22)20-13-4-3-10(18)7-12(13)19/h2-8H,1H3,(H,20,22). The van der Waals surface area contributed by atoms with Crippen molar-refractivity contribution in [3.8, 4) is 0 Å². The molecule has 0 saturated carbocycles. The van der Waals surface area contributed by atoms with Crippen molar-refractivity contribution in [3.63, 3.8) is 0 Å². The summed E-state index contributed by atoms with van der Waals surface area (Å²) < 4.78 is 5.51. The Bertz CT molecular complexity index is 979. The Morgan fingerprint density at radius 1 is 1.09 bits per heavy atom. The molecule has 3 aromatic rings. The molecule has 1 N–H and O–H groups in total. The van der Waals surface area contributed by atoms with Crippen LogP contribution in [0.25, 0.3) is 11.0 Å². The summed E-state index contributed by atoms with van der Waals surface area (Å²) in [4.78, 5) is 24.4. The largest absolute Gasteiger partial charge is 0.451 e. The number of nitrogens with one attached hydrogen (secondary N) is 1. The van der Waals surface area contributed by atoms with E-state index in [1.807, 2.05) is 13.0 Å². The first-order chi connectivity index (χ1) is 10.9. The lowest BCUT2D eigenvalue weighted by molar-refractivity contribution is 0.0997. The molecule has 0 atom stereocenters. The van der Waals surface area contributed by atoms with E-state index in [0.29, 0.717) is 26.7 Å². The van der Waals surface area contributed by atoms with Gasteiger partial charge in [0, 0.05) is 11.1 Å². The van der Waals surface area contributed by atoms with Crippen LogP contribution in [0.5, 0.6) is 0 Å². The van der Waals surface area contributed by atoms with E-state index in [0.717, 1.165) is 5.56 Å². The Kier molecular flexibility index (Phi) is 4.11. The van der Waals surface area contributed by atoms with Crippen LogP contribution in [0, 0.1) is 6.92 Å². The molecule has 0 aliphatic heterocycles. The molecule has 1 heterocycles. The third-order valence-electron chi connectivity index (χ3n) is 3.29. The van der Waals surface area contributed by atoms with Gasteiger partial charge < -0.3 is 9.73 Å². The minimum atomic E-state index is -0.561. The third-order valence-corrected chi connectivity index (χ3v) is 3.83. The van der Waals surface area contributed by atoms with Crippen molar-refractivity contribution < 1.29 is 9.21 Å². The fourth-order valence-corrected chi connectivity index (χ4v) is 2.61. The van der Waals surface area contributed by atoms with E-state index in [9.17, 15) is 9.59 Å². The molecule has 0 saturated heterocycles. The van der Waals surface area contributed by atoms with E-state index >= 15 is 0 Å². The first kappa shape index (κ1) is 15.6. The Hall–Kier alpha value is -2.30. The first-order valence-corrected chi connectivity index (χ1v) is 7.50. The monoisotopic (exact) mass is 347 g/mol. The Balaban J connectivity index is 1.98. The minimum absolute atomic E-state index is 0.0858. The van der Waals surface area contributed by atoms with Gasteiger partial charge in [0.25, 0.3) is 5.91 Å². The van der Waals surface area contributed by atoms with Crippen LogP contribution in [-0.2, 0) is 0 Å². The summed E-state index contributed by atoms with van der Waals surface area (Å²) >= 11 is 11.8. The second-order valence-corrected chi connectivity index (χ2v) is 5.90. The molecule has 3 rings (SSSR count). The van der Waals surface area contributed by atoms with Crippen molar-refractivity contribution in [3.05, 3.63) is 74.1 Å². The van der Waals surface area contributed by atoms with Crippen LogP contribution < -0.4 is 10.7 Å². The lowest BCUT2D eigenvalue weighted by Crippen LogP contribution is -2.15. The number of carbonyl (C=O) groups excluding carboxylic acids is 1. The van der Waals surface area contributed by atoms with E-state index in [4.69, 9.17) is 27.6 Å². The van der Waals surface area contributed by atoms with Crippen LogP contribution in [0.4, 0.5) is 5.69 Å². The van der Waals surface area contributed by atoms with E-state index in [-0.39, 0.29) is 11.2 Å². The predicted octanol–water partition coefficient (Wildman–Crippen LogP) is 4.66. The SMILES string of the molecule is Cc1ccc2oc(C(=O)Nc3ccc(Cl)cc3Cl)cc(=O)c2c1. The fourth-order valence-electron chi connectivity index (χ4n) is 2.16. The smallest absolute Gasteiger partial charge is 0.291 e. The highest BCUT2D eigenvalue weighted by atomic mass is 35.5. The van der Waals surface area contributed by atoms with Crippen molar-refractivity contribution in [2.24, 2.45) is 0 Å². The number of carbonyl (C=O) groups is 1. The number of hydrogen-bond donors (Lipinski definition) is 1. The Labute approximate surface area is 141 Å². The maximum atomic E-state index is 12.3. The van der Waals surface area contributed by atoms with Gasteiger partial charge >= 0.3 is 0 Å². The molecule has 1 amide bonds. The van der Waals surface area contributed by atoms with Crippen molar-refractivity contribution in [1.82, 2.24) is 0 Å². The van der Waals surface area contributed by atoms with Gasteiger partial charge in [0.2, 0.25) is 0 Å². The maximum absolute atomic E-state index is 12.3. The molecule has 0 aliphatic rings. The Morgan fingerprint density at radius 3 is 2.61 bits per heavy atom. The van der Waals surface area contributed by atoms with Crippen LogP contribution in [0.1, 0.15) is 16.1 Å². The van der Waals surface area contributed by atoms with Crippen LogP contribution in [-0.4, -0.2) is 5.91 Å². The van der Waals surface area contributed by atoms with Crippen LogP contribution in [0.15, 0.2) is 51.7 Å². The highest BCUT2D eigenvalue weighted by Crippen LogP contribution is 2.26. The third kappa shape index (κ3) is 3.23. The van der Waals surface area contributed by atoms with Gasteiger partial charge in [-0.15, -0.1) is 0 Å². The van der Waals surface area contributed by atoms with E-state index in [1.165, 1.54) is 12.1 Å². The highest BCUT2D eigenvalue weighted by molar-refractivity contribution is 6.36. The molecule has 1 aromatic heterocycles. The second kappa shape index (κ2) is 6.07. The van der Waals surface area contributed by atoms with Gasteiger partial charge in [0.05, 0.1) is 16.1 Å². The number of amides is 1. The van der Waals surface area contributed by atoms with Gasteiger partial charge in [-0.05, 0) is 37.3 Å². The molecule has 2 aromatic carbocycles. The van der Waals surface area contributed by atoms with Crippen molar-refractivity contribution in [2.75, 3.05) is 5.32 Å². The zero-order valence-electron chi connectivity index (χ0n) is 12.0. The van der Waals surface area contributed by atoms with Gasteiger partial charge in [-0.1, -0.05) is 34.8 Å². The molecule has 0 fully saturated rings. The zero-order chi connectivity index (χ0) is 16.6. The van der Waals surface area contributed by atoms with Crippen LogP contribution in [0.2, 0.25) is 10.0 Å². The number of anilines is 1. The molecular weight excluding hydrogens is 337 g/mol. The number of halogens is 2. The van der Waals surface area contributed by atoms with E-state index in [1.54, 1.807) is 24.3 Å². The summed E-state index contributed by atoms with van der Waals surface area (Å²) in [5.41, 5.74) is 1.40. The summed E-state index contributed by atoms with van der Waals surface area (Å²) in [6.07, 6.45) is 0. The molecule has 0 radical (unpaired) electrons. The molecule has 0 spiro atoms. The van der Waals surface area contributed by atoms with Crippen molar-refractivity contribution >= 4 is 45.8 Å². The van der Waals surface area contributed by atoms with Gasteiger partial charge in [-0.3, -0.25) is 9.59 Å². The quantitative estimate of drug-likeness (QED) is 0.733. The van der Waals surface area contributed by atoms with Gasteiger partial charge in [0.15, 0.2) is 11.2 Å². The fraction of sp³-hybridized carbons (Fsp3) is 0.0588. The van der Waals surface area contributed by atoms with Crippen LogP contribution in [0.3, 0.4) is 0 Å². The second-order valence-electron chi connectivity index (χ2n) is 5.05. The Morgan fingerprint density at radius 2 is 1.87 bits per heavy atom. The molecule has 4 nitrogen and oxygen atoms in total. The number of fused-ring (bicyclic) bond motifs is 1. The summed E-state index contributed by atoms with van der Waals surface area (Å²) in [6, 6.07) is 11.0. The molecular formula is C17H11Cl2NO3. The lowest BCUT2D eigenvalue weighted by atomic mass is 10.1. The number of benzene rings is 2. The molecule has 6 heteroatoms. The topological polar surface area (TPSA) is 59.3 Å². The number of aryl methyl sites for hydroxylation is 1. The molecule has 0 bridgehead atoms. The van der Waals surface area contributed by atoms with Gasteiger partial charge in [-0.2, -0.15) is 0 Å². The minimum Gasteiger partial charge on any atom is -0.451 e. The van der Waals surface area contributed by atoms with Gasteiger partial charge in [0.1, 0.15) is 5.58 Å². The van der Waals surface area contributed by atoms with Crippen molar-refractivity contribution in [1.29, 1.82) is 0 Å². The zero-order valence-corrected chi connectivity index (χ0v) is 13.5. The van der Waals surface area contributed by atoms with E-state index in [2.05, 4.69) is 5.32 Å². The average Bonchev–Trinajstić information content (AvgIpc) is 2.50. The lowest BCUT2D eigenvalue weighted by Gasteiger charge is -2.07. The summed E-state index contributed by atoms with van der Waals surface area (Å²) in [5.74, 6) is -0.647. The van der Waals surface area contributed by atoms with Crippen molar-refractivity contribution in [2.45, 2.75) is 6.92 Å². The average molecular weight is 348 g/mol. The van der Waals surface area contributed by atoms with Crippen LogP contribution >= 0.6 is 23.2 Å². The highest BCUT2D eigenvalue weighted by Gasteiger charge is 2.14. The maximum Gasteiger partial charge on any atom is 0.291 e. The summed E-state index contributed by atoms with van der Waals surface area (Å²) in [7, 11) is 0. The normalized spacial score (nSPS) is 10.7. The predicted molar refractivity (Wildman–Crippen MR) is 91.6 cm³/mol. The molecule has 116 valence electrons. The molecule has 0 aliphatic carbocycles.